The standard InChI is InChI=1S/C13H13NO4/c15-13(16)12-7-6-11(18-12)8-14-17-9-10-4-2-1-3-5-10/h1-7,14H,8-9H2,(H,15,16). The maximum atomic E-state index is 10.6. The van der Waals surface area contributed by atoms with Crippen LogP contribution in [0.3, 0.4) is 0 Å². The molecule has 0 saturated carbocycles. The molecule has 0 spiro atoms. The lowest BCUT2D eigenvalue weighted by Gasteiger charge is -2.04. The minimum absolute atomic E-state index is 0.0742. The first-order valence-electron chi connectivity index (χ1n) is 5.46. The van der Waals surface area contributed by atoms with Crippen LogP contribution in [0.1, 0.15) is 21.9 Å². The number of furan rings is 1. The van der Waals surface area contributed by atoms with E-state index in [-0.39, 0.29) is 5.76 Å². The SMILES string of the molecule is O=C(O)c1ccc(CNOCc2ccccc2)o1. The molecule has 0 bridgehead atoms. The maximum absolute atomic E-state index is 10.6. The average Bonchev–Trinajstić information content (AvgIpc) is 2.85. The van der Waals surface area contributed by atoms with E-state index in [4.69, 9.17) is 14.4 Å². The molecule has 0 atom stereocenters. The van der Waals surface area contributed by atoms with Gasteiger partial charge in [-0.3, -0.25) is 4.84 Å². The molecule has 1 aromatic heterocycles. The molecular weight excluding hydrogens is 234 g/mol. The molecule has 0 unspecified atom stereocenters. The summed E-state index contributed by atoms with van der Waals surface area (Å²) in [6, 6.07) is 12.7. The van der Waals surface area contributed by atoms with Gasteiger partial charge in [0.25, 0.3) is 0 Å². The van der Waals surface area contributed by atoms with E-state index in [9.17, 15) is 4.79 Å². The number of carbonyl (C=O) groups is 1. The normalized spacial score (nSPS) is 10.4. The largest absolute Gasteiger partial charge is 0.475 e. The summed E-state index contributed by atoms with van der Waals surface area (Å²) in [5.41, 5.74) is 3.77. The summed E-state index contributed by atoms with van der Waals surface area (Å²) in [6.45, 7) is 0.757. The zero-order chi connectivity index (χ0) is 12.8. The molecule has 2 rings (SSSR count). The highest BCUT2D eigenvalue weighted by Gasteiger charge is 2.08. The highest BCUT2D eigenvalue weighted by molar-refractivity contribution is 5.84. The molecule has 18 heavy (non-hydrogen) atoms. The Labute approximate surface area is 104 Å². The van der Waals surface area contributed by atoms with Crippen LogP contribution >= 0.6 is 0 Å². The van der Waals surface area contributed by atoms with Gasteiger partial charge in [0.1, 0.15) is 5.76 Å². The Kier molecular flexibility index (Phi) is 4.11. The summed E-state index contributed by atoms with van der Waals surface area (Å²) in [6.07, 6.45) is 0. The predicted molar refractivity (Wildman–Crippen MR) is 63.7 cm³/mol. The lowest BCUT2D eigenvalue weighted by atomic mass is 10.2. The number of nitrogens with one attached hydrogen (secondary N) is 1. The molecular formula is C13H13NO4. The molecule has 2 N–H and O–H groups in total. The van der Waals surface area contributed by atoms with Gasteiger partial charge < -0.3 is 9.52 Å². The van der Waals surface area contributed by atoms with Crippen LogP contribution in [0, 0.1) is 0 Å². The number of hydrogen-bond acceptors (Lipinski definition) is 4. The second-order valence-corrected chi connectivity index (χ2v) is 3.67. The van der Waals surface area contributed by atoms with Gasteiger partial charge in [0.05, 0.1) is 13.2 Å². The van der Waals surface area contributed by atoms with E-state index in [1.165, 1.54) is 6.07 Å². The molecule has 0 aliphatic heterocycles. The van der Waals surface area contributed by atoms with Gasteiger partial charge >= 0.3 is 5.97 Å². The molecule has 0 aliphatic rings. The Balaban J connectivity index is 1.73. The number of rotatable bonds is 6. The van der Waals surface area contributed by atoms with Crippen LogP contribution < -0.4 is 5.48 Å². The first-order chi connectivity index (χ1) is 8.75. The molecule has 0 radical (unpaired) electrons. The van der Waals surface area contributed by atoms with Crippen LogP contribution in [-0.4, -0.2) is 11.1 Å². The quantitative estimate of drug-likeness (QED) is 0.604. The summed E-state index contributed by atoms with van der Waals surface area (Å²) in [7, 11) is 0. The molecule has 2 aromatic rings. The smallest absolute Gasteiger partial charge is 0.371 e. The molecule has 94 valence electrons. The number of aromatic carboxylic acids is 1. The van der Waals surface area contributed by atoms with Crippen molar-refractivity contribution in [1.82, 2.24) is 5.48 Å². The zero-order valence-electron chi connectivity index (χ0n) is 9.63. The number of hydroxylamine groups is 1. The van der Waals surface area contributed by atoms with Gasteiger partial charge in [-0.25, -0.2) is 4.79 Å². The van der Waals surface area contributed by atoms with Crippen molar-refractivity contribution in [3.05, 3.63) is 59.5 Å². The summed E-state index contributed by atoms with van der Waals surface area (Å²) in [5.74, 6) is -0.637. The Morgan fingerprint density at radius 2 is 2.00 bits per heavy atom. The third-order valence-electron chi connectivity index (χ3n) is 2.30. The van der Waals surface area contributed by atoms with Crippen molar-refractivity contribution in [2.24, 2.45) is 0 Å². The van der Waals surface area contributed by atoms with Crippen LogP contribution in [0.25, 0.3) is 0 Å². The van der Waals surface area contributed by atoms with Gasteiger partial charge in [0.2, 0.25) is 5.76 Å². The van der Waals surface area contributed by atoms with Crippen molar-refractivity contribution in [1.29, 1.82) is 0 Å². The van der Waals surface area contributed by atoms with Crippen molar-refractivity contribution in [2.45, 2.75) is 13.2 Å². The van der Waals surface area contributed by atoms with Crippen molar-refractivity contribution >= 4 is 5.97 Å². The van der Waals surface area contributed by atoms with Gasteiger partial charge in [0, 0.05) is 0 Å². The summed E-state index contributed by atoms with van der Waals surface area (Å²) in [4.78, 5) is 15.8. The van der Waals surface area contributed by atoms with Crippen molar-refractivity contribution in [2.75, 3.05) is 0 Å². The third kappa shape index (κ3) is 3.44. The zero-order valence-corrected chi connectivity index (χ0v) is 9.63. The van der Waals surface area contributed by atoms with Crippen LogP contribution in [0.2, 0.25) is 0 Å². The minimum atomic E-state index is -1.08. The first kappa shape index (κ1) is 12.3. The molecule has 5 nitrogen and oxygen atoms in total. The molecule has 1 aromatic carbocycles. The second kappa shape index (κ2) is 6.00. The van der Waals surface area contributed by atoms with Gasteiger partial charge in [-0.1, -0.05) is 30.3 Å². The summed E-state index contributed by atoms with van der Waals surface area (Å²) < 4.78 is 5.06. The van der Waals surface area contributed by atoms with Crippen LogP contribution in [-0.2, 0) is 18.0 Å². The Morgan fingerprint density at radius 3 is 2.67 bits per heavy atom. The molecule has 1 heterocycles. The fourth-order valence-corrected chi connectivity index (χ4v) is 1.42. The molecule has 5 heteroatoms. The van der Waals surface area contributed by atoms with E-state index in [2.05, 4.69) is 5.48 Å². The predicted octanol–water partition coefficient (Wildman–Crippen LogP) is 2.20. The topological polar surface area (TPSA) is 71.7 Å². The van der Waals surface area contributed by atoms with Gasteiger partial charge in [-0.15, -0.1) is 0 Å². The molecule has 0 fully saturated rings. The first-order valence-corrected chi connectivity index (χ1v) is 5.46. The van der Waals surface area contributed by atoms with E-state index >= 15 is 0 Å². The van der Waals surface area contributed by atoms with Crippen molar-refractivity contribution in [3.63, 3.8) is 0 Å². The van der Waals surface area contributed by atoms with E-state index in [1.54, 1.807) is 6.07 Å². The van der Waals surface area contributed by atoms with Crippen LogP contribution in [0.4, 0.5) is 0 Å². The summed E-state index contributed by atoms with van der Waals surface area (Å²) in [5, 5.41) is 8.67. The second-order valence-electron chi connectivity index (χ2n) is 3.67. The van der Waals surface area contributed by atoms with Crippen LogP contribution in [0.15, 0.2) is 46.9 Å². The van der Waals surface area contributed by atoms with Crippen LogP contribution in [0.5, 0.6) is 0 Å². The summed E-state index contributed by atoms with van der Waals surface area (Å²) >= 11 is 0. The number of benzene rings is 1. The Bertz CT molecular complexity index is 507. The lowest BCUT2D eigenvalue weighted by Crippen LogP contribution is -2.13. The Morgan fingerprint density at radius 1 is 1.22 bits per heavy atom. The number of carboxylic acid groups (broad SMARTS) is 1. The minimum Gasteiger partial charge on any atom is -0.475 e. The molecule has 0 aliphatic carbocycles. The highest BCUT2D eigenvalue weighted by Crippen LogP contribution is 2.07. The van der Waals surface area contributed by atoms with E-state index < -0.39 is 5.97 Å². The molecule has 0 saturated heterocycles. The van der Waals surface area contributed by atoms with Gasteiger partial charge in [-0.05, 0) is 17.7 Å². The van der Waals surface area contributed by atoms with E-state index in [0.29, 0.717) is 18.9 Å². The highest BCUT2D eigenvalue weighted by atomic mass is 16.6. The van der Waals surface area contributed by atoms with Gasteiger partial charge in [0.15, 0.2) is 0 Å². The molecule has 0 amide bonds. The van der Waals surface area contributed by atoms with Crippen molar-refractivity contribution < 1.29 is 19.2 Å². The fourth-order valence-electron chi connectivity index (χ4n) is 1.42. The number of carboxylic acids is 1. The van der Waals surface area contributed by atoms with E-state index in [0.717, 1.165) is 5.56 Å². The van der Waals surface area contributed by atoms with E-state index in [1.807, 2.05) is 30.3 Å². The van der Waals surface area contributed by atoms with Gasteiger partial charge in [-0.2, -0.15) is 5.48 Å². The number of hydrogen-bond donors (Lipinski definition) is 2. The average molecular weight is 247 g/mol. The maximum Gasteiger partial charge on any atom is 0.371 e. The monoisotopic (exact) mass is 247 g/mol. The van der Waals surface area contributed by atoms with Crippen molar-refractivity contribution in [3.8, 4) is 0 Å². The Hall–Kier alpha value is -2.11. The lowest BCUT2D eigenvalue weighted by molar-refractivity contribution is 0.0198. The fraction of sp³-hybridized carbons (Fsp3) is 0.154. The third-order valence-corrected chi connectivity index (χ3v) is 2.30.